The summed E-state index contributed by atoms with van der Waals surface area (Å²) < 4.78 is 26.8. The van der Waals surface area contributed by atoms with Gasteiger partial charge < -0.3 is 10.6 Å². The highest BCUT2D eigenvalue weighted by Crippen LogP contribution is 2.21. The minimum Gasteiger partial charge on any atom is -0.351 e. The molecule has 0 aliphatic rings. The quantitative estimate of drug-likeness (QED) is 0.599. The van der Waals surface area contributed by atoms with Crippen molar-refractivity contribution in [2.75, 3.05) is 32.7 Å². The molecule has 1 aromatic carbocycles. The summed E-state index contributed by atoms with van der Waals surface area (Å²) in [7, 11) is -3.58. The van der Waals surface area contributed by atoms with Crippen molar-refractivity contribution in [1.29, 1.82) is 0 Å². The Kier molecular flexibility index (Phi) is 10.9. The molecule has 1 rings (SSSR count). The fourth-order valence-corrected chi connectivity index (χ4v) is 4.10. The van der Waals surface area contributed by atoms with E-state index >= 15 is 0 Å². The van der Waals surface area contributed by atoms with Crippen LogP contribution in [0.25, 0.3) is 0 Å². The van der Waals surface area contributed by atoms with E-state index in [1.54, 1.807) is 32.9 Å². The summed E-state index contributed by atoms with van der Waals surface area (Å²) in [6.07, 6.45) is 1.04. The number of benzene rings is 1. The molecule has 8 heteroatoms. The number of nitrogens with one attached hydrogen (secondary N) is 2. The lowest BCUT2D eigenvalue weighted by Gasteiger charge is -2.20. The fourth-order valence-electron chi connectivity index (χ4n) is 2.39. The van der Waals surface area contributed by atoms with Crippen LogP contribution in [0.1, 0.15) is 43.1 Å². The van der Waals surface area contributed by atoms with Crippen LogP contribution in [-0.2, 0) is 10.0 Å². The SMILES string of the molecule is CCCNCCNC(=O)c1ccc(C)c(S(=O)(=O)N(CC)CC)c1.Cl. The van der Waals surface area contributed by atoms with Crippen molar-refractivity contribution < 1.29 is 13.2 Å². The first-order valence-electron chi connectivity index (χ1n) is 8.48. The zero-order valence-corrected chi connectivity index (χ0v) is 17.1. The molecule has 1 amide bonds. The summed E-state index contributed by atoms with van der Waals surface area (Å²) in [5, 5.41) is 6.00. The molecule has 0 atom stereocenters. The number of hydrogen-bond donors (Lipinski definition) is 2. The number of aryl methyl sites for hydroxylation is 1. The lowest BCUT2D eigenvalue weighted by atomic mass is 10.1. The van der Waals surface area contributed by atoms with Crippen LogP contribution >= 0.6 is 12.4 Å². The first-order valence-corrected chi connectivity index (χ1v) is 9.92. The van der Waals surface area contributed by atoms with Gasteiger partial charge in [-0.25, -0.2) is 8.42 Å². The molecule has 0 saturated carbocycles. The molecule has 0 fully saturated rings. The third-order valence-electron chi connectivity index (χ3n) is 3.79. The number of carbonyl (C=O) groups excluding carboxylic acids is 1. The number of halogens is 1. The molecule has 2 N–H and O–H groups in total. The number of amides is 1. The summed E-state index contributed by atoms with van der Waals surface area (Å²) in [5.74, 6) is -0.260. The molecule has 0 aliphatic heterocycles. The van der Waals surface area contributed by atoms with Crippen LogP contribution in [0.5, 0.6) is 0 Å². The van der Waals surface area contributed by atoms with E-state index in [4.69, 9.17) is 0 Å². The predicted octanol–water partition coefficient (Wildman–Crippen LogP) is 2.18. The molecule has 0 bridgehead atoms. The summed E-state index contributed by atoms with van der Waals surface area (Å²) in [4.78, 5) is 12.4. The van der Waals surface area contributed by atoms with E-state index in [9.17, 15) is 13.2 Å². The van der Waals surface area contributed by atoms with Gasteiger partial charge in [-0.05, 0) is 37.6 Å². The van der Waals surface area contributed by atoms with E-state index in [0.29, 0.717) is 37.3 Å². The number of sulfonamides is 1. The molecule has 1 aromatic rings. The van der Waals surface area contributed by atoms with Gasteiger partial charge in [-0.15, -0.1) is 12.4 Å². The van der Waals surface area contributed by atoms with Gasteiger partial charge in [-0.3, -0.25) is 4.79 Å². The van der Waals surface area contributed by atoms with Gasteiger partial charge in [0.25, 0.3) is 5.91 Å². The number of carbonyl (C=O) groups is 1. The van der Waals surface area contributed by atoms with Crippen molar-refractivity contribution >= 4 is 28.3 Å². The van der Waals surface area contributed by atoms with Crippen LogP contribution in [0.4, 0.5) is 0 Å². The van der Waals surface area contributed by atoms with E-state index < -0.39 is 10.0 Å². The predicted molar refractivity (Wildman–Crippen MR) is 104 cm³/mol. The van der Waals surface area contributed by atoms with E-state index in [-0.39, 0.29) is 23.2 Å². The molecular formula is C17H30ClN3O3S. The monoisotopic (exact) mass is 391 g/mol. The maximum absolute atomic E-state index is 12.7. The molecule has 144 valence electrons. The Morgan fingerprint density at radius 3 is 2.28 bits per heavy atom. The smallest absolute Gasteiger partial charge is 0.251 e. The first-order chi connectivity index (χ1) is 11.4. The average Bonchev–Trinajstić information content (AvgIpc) is 2.55. The number of hydrogen-bond acceptors (Lipinski definition) is 4. The summed E-state index contributed by atoms with van der Waals surface area (Å²) in [6.45, 7) is 10.3. The fraction of sp³-hybridized carbons (Fsp3) is 0.588. The van der Waals surface area contributed by atoms with E-state index in [1.807, 2.05) is 0 Å². The van der Waals surface area contributed by atoms with Crippen LogP contribution in [0.3, 0.4) is 0 Å². The van der Waals surface area contributed by atoms with Gasteiger partial charge in [-0.1, -0.05) is 26.8 Å². The standard InChI is InChI=1S/C17H29N3O3S.ClH/c1-5-10-18-11-12-19-17(21)15-9-8-14(4)16(13-15)24(22,23)20(6-2)7-3;/h8-9,13,18H,5-7,10-12H2,1-4H3,(H,19,21);1H. The molecule has 6 nitrogen and oxygen atoms in total. The van der Waals surface area contributed by atoms with E-state index in [0.717, 1.165) is 13.0 Å². The minimum atomic E-state index is -3.58. The van der Waals surface area contributed by atoms with Gasteiger partial charge in [-0.2, -0.15) is 4.31 Å². The van der Waals surface area contributed by atoms with E-state index in [2.05, 4.69) is 17.6 Å². The Bertz CT molecular complexity index is 647. The maximum atomic E-state index is 12.7. The highest BCUT2D eigenvalue weighted by Gasteiger charge is 2.24. The molecular weight excluding hydrogens is 362 g/mol. The molecule has 0 aliphatic carbocycles. The van der Waals surface area contributed by atoms with Crippen molar-refractivity contribution in [3.63, 3.8) is 0 Å². The molecule has 0 saturated heterocycles. The second kappa shape index (κ2) is 11.5. The Hall–Kier alpha value is -1.15. The van der Waals surface area contributed by atoms with Gasteiger partial charge in [0.15, 0.2) is 0 Å². The van der Waals surface area contributed by atoms with Crippen LogP contribution in [-0.4, -0.2) is 51.4 Å². The molecule has 0 spiro atoms. The summed E-state index contributed by atoms with van der Waals surface area (Å²) in [5.41, 5.74) is 1.00. The van der Waals surface area contributed by atoms with Gasteiger partial charge in [0.1, 0.15) is 0 Å². The van der Waals surface area contributed by atoms with Crippen molar-refractivity contribution in [2.45, 2.75) is 39.0 Å². The van der Waals surface area contributed by atoms with Crippen LogP contribution in [0.2, 0.25) is 0 Å². The van der Waals surface area contributed by atoms with Gasteiger partial charge >= 0.3 is 0 Å². The Morgan fingerprint density at radius 2 is 1.72 bits per heavy atom. The largest absolute Gasteiger partial charge is 0.351 e. The van der Waals surface area contributed by atoms with Crippen molar-refractivity contribution in [2.24, 2.45) is 0 Å². The molecule has 0 unspecified atom stereocenters. The van der Waals surface area contributed by atoms with Crippen LogP contribution < -0.4 is 10.6 Å². The lowest BCUT2D eigenvalue weighted by Crippen LogP contribution is -2.33. The topological polar surface area (TPSA) is 78.5 Å². The minimum absolute atomic E-state index is 0. The highest BCUT2D eigenvalue weighted by molar-refractivity contribution is 7.89. The molecule has 0 radical (unpaired) electrons. The lowest BCUT2D eigenvalue weighted by molar-refractivity contribution is 0.0953. The first kappa shape index (κ1) is 23.9. The Morgan fingerprint density at radius 1 is 1.08 bits per heavy atom. The second-order valence-electron chi connectivity index (χ2n) is 5.58. The van der Waals surface area contributed by atoms with E-state index in [1.165, 1.54) is 10.4 Å². The average molecular weight is 392 g/mol. The third-order valence-corrected chi connectivity index (χ3v) is 5.98. The maximum Gasteiger partial charge on any atom is 0.251 e. The van der Waals surface area contributed by atoms with Crippen molar-refractivity contribution in [3.8, 4) is 0 Å². The number of nitrogens with zero attached hydrogens (tertiary/aromatic N) is 1. The zero-order chi connectivity index (χ0) is 18.2. The van der Waals surface area contributed by atoms with Crippen LogP contribution in [0.15, 0.2) is 23.1 Å². The molecule has 25 heavy (non-hydrogen) atoms. The Balaban J connectivity index is 0.00000576. The zero-order valence-electron chi connectivity index (χ0n) is 15.5. The molecule has 0 aromatic heterocycles. The summed E-state index contributed by atoms with van der Waals surface area (Å²) >= 11 is 0. The van der Waals surface area contributed by atoms with Gasteiger partial charge in [0.05, 0.1) is 4.90 Å². The van der Waals surface area contributed by atoms with Crippen molar-refractivity contribution in [1.82, 2.24) is 14.9 Å². The van der Waals surface area contributed by atoms with Gasteiger partial charge in [0, 0.05) is 31.7 Å². The normalized spacial score (nSPS) is 11.2. The Labute approximate surface area is 157 Å². The number of rotatable bonds is 10. The highest BCUT2D eigenvalue weighted by atomic mass is 35.5. The van der Waals surface area contributed by atoms with Crippen molar-refractivity contribution in [3.05, 3.63) is 29.3 Å². The van der Waals surface area contributed by atoms with Gasteiger partial charge in [0.2, 0.25) is 10.0 Å². The third kappa shape index (κ3) is 6.58. The molecule has 0 heterocycles. The second-order valence-corrected chi connectivity index (χ2v) is 7.48. The van der Waals surface area contributed by atoms with Crippen LogP contribution in [0, 0.1) is 6.92 Å². The summed E-state index contributed by atoms with van der Waals surface area (Å²) in [6, 6.07) is 4.81.